The van der Waals surface area contributed by atoms with Gasteiger partial charge in [0.25, 0.3) is 0 Å². The summed E-state index contributed by atoms with van der Waals surface area (Å²) in [6.45, 7) is 0.682. The van der Waals surface area contributed by atoms with E-state index < -0.39 is 0 Å². The number of nitrogens with zero attached hydrogens (tertiary/aromatic N) is 1. The predicted octanol–water partition coefficient (Wildman–Crippen LogP) is 2.77. The average Bonchev–Trinajstić information content (AvgIpc) is 2.92. The Morgan fingerprint density at radius 3 is 3.05 bits per heavy atom. The molecule has 1 aromatic heterocycles. The van der Waals surface area contributed by atoms with Crippen LogP contribution in [0.5, 0.6) is 5.75 Å². The SMILES string of the molecule is COc1cccc(CNc2cc3[nH]ncc3cc2N)c1. The average molecular weight is 268 g/mol. The van der Waals surface area contributed by atoms with Gasteiger partial charge in [-0.3, -0.25) is 5.10 Å². The van der Waals surface area contributed by atoms with Crippen molar-refractivity contribution < 1.29 is 4.74 Å². The Balaban J connectivity index is 1.80. The molecule has 0 amide bonds. The molecule has 3 rings (SSSR count). The van der Waals surface area contributed by atoms with Crippen LogP contribution in [0.25, 0.3) is 10.9 Å². The Bertz CT molecular complexity index is 736. The highest BCUT2D eigenvalue weighted by atomic mass is 16.5. The number of H-pyrrole nitrogens is 1. The van der Waals surface area contributed by atoms with Crippen LogP contribution in [0.3, 0.4) is 0 Å². The van der Waals surface area contributed by atoms with Gasteiger partial charge >= 0.3 is 0 Å². The highest BCUT2D eigenvalue weighted by Gasteiger charge is 2.04. The minimum Gasteiger partial charge on any atom is -0.497 e. The Morgan fingerprint density at radius 1 is 1.30 bits per heavy atom. The number of anilines is 2. The van der Waals surface area contributed by atoms with Crippen molar-refractivity contribution in [2.75, 3.05) is 18.2 Å². The number of hydrogen-bond acceptors (Lipinski definition) is 4. The van der Waals surface area contributed by atoms with E-state index in [4.69, 9.17) is 10.5 Å². The van der Waals surface area contributed by atoms with Gasteiger partial charge < -0.3 is 15.8 Å². The lowest BCUT2D eigenvalue weighted by Crippen LogP contribution is -2.02. The van der Waals surface area contributed by atoms with Gasteiger partial charge in [0.05, 0.1) is 30.2 Å². The van der Waals surface area contributed by atoms with Crippen LogP contribution in [-0.2, 0) is 6.54 Å². The molecule has 20 heavy (non-hydrogen) atoms. The Hall–Kier alpha value is -2.69. The fraction of sp³-hybridized carbons (Fsp3) is 0.133. The number of ether oxygens (including phenoxy) is 1. The summed E-state index contributed by atoms with van der Waals surface area (Å²) >= 11 is 0. The van der Waals surface area contributed by atoms with Crippen LogP contribution in [0.4, 0.5) is 11.4 Å². The van der Waals surface area contributed by atoms with Crippen LogP contribution in [0.15, 0.2) is 42.6 Å². The lowest BCUT2D eigenvalue weighted by atomic mass is 10.2. The fourth-order valence-corrected chi connectivity index (χ4v) is 2.14. The number of nitrogens with one attached hydrogen (secondary N) is 2. The van der Waals surface area contributed by atoms with Gasteiger partial charge in [0, 0.05) is 11.9 Å². The van der Waals surface area contributed by atoms with Crippen LogP contribution in [0.1, 0.15) is 5.56 Å². The molecule has 0 unspecified atom stereocenters. The molecular weight excluding hydrogens is 252 g/mol. The van der Waals surface area contributed by atoms with Crippen LogP contribution >= 0.6 is 0 Å². The van der Waals surface area contributed by atoms with Crippen molar-refractivity contribution in [2.24, 2.45) is 0 Å². The molecule has 0 fully saturated rings. The van der Waals surface area contributed by atoms with Gasteiger partial charge in [-0.2, -0.15) is 5.10 Å². The first-order chi connectivity index (χ1) is 9.76. The van der Waals surface area contributed by atoms with E-state index in [-0.39, 0.29) is 0 Å². The van der Waals surface area contributed by atoms with Crippen molar-refractivity contribution in [3.63, 3.8) is 0 Å². The number of benzene rings is 2. The van der Waals surface area contributed by atoms with Crippen molar-refractivity contribution in [1.82, 2.24) is 10.2 Å². The molecule has 0 saturated carbocycles. The summed E-state index contributed by atoms with van der Waals surface area (Å²) in [5, 5.41) is 11.3. The minimum atomic E-state index is 0.682. The second-order valence-corrected chi connectivity index (χ2v) is 4.60. The zero-order valence-electron chi connectivity index (χ0n) is 11.2. The summed E-state index contributed by atoms with van der Waals surface area (Å²) in [6, 6.07) is 11.8. The van der Waals surface area contributed by atoms with E-state index in [9.17, 15) is 0 Å². The van der Waals surface area contributed by atoms with Crippen molar-refractivity contribution in [1.29, 1.82) is 0 Å². The summed E-state index contributed by atoms with van der Waals surface area (Å²) in [5.41, 5.74) is 9.74. The van der Waals surface area contributed by atoms with Crippen molar-refractivity contribution in [3.05, 3.63) is 48.2 Å². The van der Waals surface area contributed by atoms with Crippen LogP contribution < -0.4 is 15.8 Å². The largest absolute Gasteiger partial charge is 0.497 e. The Labute approximate surface area is 116 Å². The van der Waals surface area contributed by atoms with E-state index in [1.807, 2.05) is 36.4 Å². The molecule has 0 aliphatic heterocycles. The normalized spacial score (nSPS) is 10.7. The van der Waals surface area contributed by atoms with Gasteiger partial charge in [0.2, 0.25) is 0 Å². The van der Waals surface area contributed by atoms with E-state index in [1.54, 1.807) is 13.3 Å². The first-order valence-corrected chi connectivity index (χ1v) is 6.35. The highest BCUT2D eigenvalue weighted by Crippen LogP contribution is 2.25. The molecule has 3 aromatic rings. The number of hydrogen-bond donors (Lipinski definition) is 3. The molecule has 0 aliphatic rings. The zero-order valence-corrected chi connectivity index (χ0v) is 11.2. The second kappa shape index (κ2) is 5.13. The number of nitrogen functional groups attached to an aromatic ring is 1. The summed E-state index contributed by atoms with van der Waals surface area (Å²) in [4.78, 5) is 0. The molecule has 5 nitrogen and oxygen atoms in total. The highest BCUT2D eigenvalue weighted by molar-refractivity contribution is 5.88. The Morgan fingerprint density at radius 2 is 2.20 bits per heavy atom. The fourth-order valence-electron chi connectivity index (χ4n) is 2.14. The standard InChI is InChI=1S/C15H16N4O/c1-20-12-4-2-3-10(5-12)8-17-15-7-14-11(6-13(15)16)9-18-19-14/h2-7,9,17H,8,16H2,1H3,(H,18,19). The van der Waals surface area contributed by atoms with Crippen LogP contribution in [-0.4, -0.2) is 17.3 Å². The van der Waals surface area contributed by atoms with Gasteiger partial charge in [0.1, 0.15) is 5.75 Å². The molecular formula is C15H16N4O. The van der Waals surface area contributed by atoms with Gasteiger partial charge in [-0.15, -0.1) is 0 Å². The number of methoxy groups -OCH3 is 1. The molecule has 0 spiro atoms. The molecule has 5 heteroatoms. The summed E-state index contributed by atoms with van der Waals surface area (Å²) in [6.07, 6.45) is 1.76. The molecule has 0 aliphatic carbocycles. The van der Waals surface area contributed by atoms with Gasteiger partial charge in [0.15, 0.2) is 0 Å². The topological polar surface area (TPSA) is 76.0 Å². The molecule has 2 aromatic carbocycles. The quantitative estimate of drug-likeness (QED) is 0.636. The zero-order chi connectivity index (χ0) is 13.9. The van der Waals surface area contributed by atoms with E-state index in [2.05, 4.69) is 15.5 Å². The second-order valence-electron chi connectivity index (χ2n) is 4.60. The number of aromatic amines is 1. The molecule has 0 saturated heterocycles. The van der Waals surface area contributed by atoms with E-state index in [1.165, 1.54) is 0 Å². The first kappa shape index (κ1) is 12.3. The maximum absolute atomic E-state index is 6.04. The first-order valence-electron chi connectivity index (χ1n) is 6.35. The third kappa shape index (κ3) is 2.38. The minimum absolute atomic E-state index is 0.682. The lowest BCUT2D eigenvalue weighted by Gasteiger charge is -2.10. The molecule has 0 radical (unpaired) electrons. The summed E-state index contributed by atoms with van der Waals surface area (Å²) in [5.74, 6) is 0.848. The van der Waals surface area contributed by atoms with Crippen molar-refractivity contribution in [2.45, 2.75) is 6.54 Å². The third-order valence-corrected chi connectivity index (χ3v) is 3.23. The molecule has 102 valence electrons. The summed E-state index contributed by atoms with van der Waals surface area (Å²) < 4.78 is 5.21. The van der Waals surface area contributed by atoms with Crippen molar-refractivity contribution >= 4 is 22.3 Å². The molecule has 0 atom stereocenters. The number of fused-ring (bicyclic) bond motifs is 1. The monoisotopic (exact) mass is 268 g/mol. The smallest absolute Gasteiger partial charge is 0.119 e. The maximum Gasteiger partial charge on any atom is 0.119 e. The third-order valence-electron chi connectivity index (χ3n) is 3.23. The number of rotatable bonds is 4. The van der Waals surface area contributed by atoms with Gasteiger partial charge in [-0.05, 0) is 29.8 Å². The van der Waals surface area contributed by atoms with E-state index in [0.29, 0.717) is 12.2 Å². The number of nitrogens with two attached hydrogens (primary N) is 1. The van der Waals surface area contributed by atoms with Gasteiger partial charge in [-0.25, -0.2) is 0 Å². The van der Waals surface area contributed by atoms with Crippen LogP contribution in [0, 0.1) is 0 Å². The molecule has 0 bridgehead atoms. The molecule has 1 heterocycles. The maximum atomic E-state index is 6.04. The van der Waals surface area contributed by atoms with Crippen LogP contribution in [0.2, 0.25) is 0 Å². The van der Waals surface area contributed by atoms with E-state index in [0.717, 1.165) is 27.9 Å². The van der Waals surface area contributed by atoms with Crippen molar-refractivity contribution in [3.8, 4) is 5.75 Å². The van der Waals surface area contributed by atoms with Gasteiger partial charge in [-0.1, -0.05) is 12.1 Å². The van der Waals surface area contributed by atoms with E-state index >= 15 is 0 Å². The Kier molecular flexibility index (Phi) is 3.16. The summed E-state index contributed by atoms with van der Waals surface area (Å²) in [7, 11) is 1.66. The predicted molar refractivity (Wildman–Crippen MR) is 80.8 cm³/mol. The molecule has 4 N–H and O–H groups in total. The lowest BCUT2D eigenvalue weighted by molar-refractivity contribution is 0.414. The number of aromatic nitrogens is 2.